The van der Waals surface area contributed by atoms with Crippen molar-refractivity contribution in [2.24, 2.45) is 5.73 Å². The van der Waals surface area contributed by atoms with Gasteiger partial charge in [0.25, 0.3) is 0 Å². The molecule has 4 aromatic rings. The molecule has 0 aliphatic carbocycles. The Morgan fingerprint density at radius 3 is 1.34 bits per heavy atom. The van der Waals surface area contributed by atoms with Crippen molar-refractivity contribution >= 4 is 107 Å². The Bertz CT molecular complexity index is 3240. The summed E-state index contributed by atoms with van der Waals surface area (Å²) in [5.74, 6) is -13.4. The van der Waals surface area contributed by atoms with Gasteiger partial charge in [-0.1, -0.05) is 78.9 Å². The van der Waals surface area contributed by atoms with Crippen LogP contribution in [-0.4, -0.2) is 271 Å². The van der Waals surface area contributed by atoms with E-state index in [1.807, 2.05) is 0 Å². The number of aliphatic hydroxyl groups is 3. The lowest BCUT2D eigenvalue weighted by molar-refractivity contribution is -0.143. The number of hydrogen-bond donors (Lipinski definition) is 19. The maximum absolute atomic E-state index is 15.0. The minimum atomic E-state index is -1.73. The summed E-state index contributed by atoms with van der Waals surface area (Å²) in [5, 5.41) is 89.7. The number of nitrogens with zero attached hydrogens (tertiary/aromatic N) is 3. The Balaban J connectivity index is 1.63. The first-order chi connectivity index (χ1) is 46.1. The van der Waals surface area contributed by atoms with Gasteiger partial charge in [0.1, 0.15) is 42.3 Å². The highest BCUT2D eigenvalue weighted by atomic mass is 32.1. The number of carbonyl (C=O) groups is 12. The van der Waals surface area contributed by atoms with Gasteiger partial charge in [0.2, 0.25) is 47.3 Å². The number of carboxylic acids is 4. The van der Waals surface area contributed by atoms with E-state index < -0.39 is 171 Å². The number of thiol groups is 2. The number of carbonyl (C=O) groups excluding carboxylic acids is 8. The van der Waals surface area contributed by atoms with Crippen LogP contribution in [-0.2, 0) is 76.8 Å². The van der Waals surface area contributed by atoms with Crippen LogP contribution in [0.2, 0.25) is 0 Å². The molecule has 0 saturated heterocycles. The molecular weight excluding hydrogens is 1310 g/mol. The lowest BCUT2D eigenvalue weighted by Crippen LogP contribution is -2.62. The van der Waals surface area contributed by atoms with Gasteiger partial charge in [0, 0.05) is 74.0 Å². The summed E-state index contributed by atoms with van der Waals surface area (Å²) in [6, 6.07) is 12.2. The number of carboxylic acid groups (broad SMARTS) is 4. The van der Waals surface area contributed by atoms with Crippen LogP contribution in [0.25, 0.3) is 10.9 Å². The highest BCUT2D eigenvalue weighted by molar-refractivity contribution is 7.80. The smallest absolute Gasteiger partial charge is 0.317 e. The van der Waals surface area contributed by atoms with Crippen molar-refractivity contribution in [3.05, 3.63) is 108 Å². The second-order valence-corrected chi connectivity index (χ2v) is 23.8. The number of nitrogens with two attached hydrogens (primary N) is 1. The van der Waals surface area contributed by atoms with E-state index in [0.29, 0.717) is 34.0 Å². The molecule has 1 aromatic heterocycles. The number of rotatable bonds is 46. The molecule has 0 bridgehead atoms. The fraction of sp³-hybridized carbons (Fsp3) is 0.492. The molecular formula is C63H89N13O19S2. The predicted octanol–water partition coefficient (Wildman–Crippen LogP) is -3.94. The average Bonchev–Trinajstić information content (AvgIpc) is 1.74. The van der Waals surface area contributed by atoms with Gasteiger partial charge >= 0.3 is 23.9 Å². The van der Waals surface area contributed by atoms with E-state index in [9.17, 15) is 93.3 Å². The van der Waals surface area contributed by atoms with Gasteiger partial charge in [-0.2, -0.15) is 25.3 Å². The Hall–Kier alpha value is -8.74. The van der Waals surface area contributed by atoms with Crippen molar-refractivity contribution in [2.75, 3.05) is 83.6 Å². The van der Waals surface area contributed by atoms with Gasteiger partial charge in [-0.05, 0) is 62.4 Å². The molecule has 18 N–H and O–H groups in total. The number of amides is 8. The van der Waals surface area contributed by atoms with Gasteiger partial charge in [-0.3, -0.25) is 72.2 Å². The molecule has 0 aliphatic rings. The van der Waals surface area contributed by atoms with E-state index in [4.69, 9.17) is 5.73 Å². The first-order valence-electron chi connectivity index (χ1n) is 31.1. The number of nitrogens with one attached hydrogen (secondary N) is 9. The van der Waals surface area contributed by atoms with Crippen LogP contribution in [0.4, 0.5) is 0 Å². The Morgan fingerprint density at radius 1 is 0.464 bits per heavy atom. The largest absolute Gasteiger partial charge is 0.480 e. The lowest BCUT2D eigenvalue weighted by Gasteiger charge is -2.29. The minimum Gasteiger partial charge on any atom is -0.480 e. The van der Waals surface area contributed by atoms with E-state index in [0.717, 1.165) is 9.80 Å². The molecule has 34 heteroatoms. The number of aliphatic hydroxyl groups excluding tert-OH is 3. The van der Waals surface area contributed by atoms with E-state index in [1.165, 1.54) is 18.7 Å². The number of aromatic nitrogens is 1. The van der Waals surface area contributed by atoms with Crippen molar-refractivity contribution < 1.29 is 93.3 Å². The summed E-state index contributed by atoms with van der Waals surface area (Å²) in [6.45, 7) is -2.09. The standard InChI is InChI=1S/C63H89N13O19S2/c1-37(78)48(34-77)70-62(94)50(36-97)72-63(95)56(38(2)79)73-57(89)44(19-11-12-20-64)67-60(92)47(27-41-28-65-43-18-10-9-17-42(41)43)69-59(91)46(26-40-15-7-4-8-16-40)68-61(93)49(35-96)71-58(90)45(25-39-13-5-3-6-14-39)66-51(80)29-75(31-53(83)84)23-21-74(30-52(81)82)22-24-76(32-54(85)86)33-55(87)88/h3-10,13-18,28,37-38,44-50,56,65,77-79,96-97H,11-12,19-27,29-36,64H2,1-2H3,(H,66,80)(H,67,92)(H,68,93)(H,69,91)(H,70,94)(H,71,90)(H,72,95)(H,73,89)(H,81,82)(H,83,84)(H,85,86)(H,87,88)/t37-,38-,44+,45-,46+,47-,48-,49+,50+,56+/m1/s1. The monoisotopic (exact) mass is 1400 g/mol. The first kappa shape index (κ1) is 80.7. The van der Waals surface area contributed by atoms with Crippen LogP contribution in [0.5, 0.6) is 0 Å². The Labute approximate surface area is 570 Å². The molecule has 0 spiro atoms. The van der Waals surface area contributed by atoms with Gasteiger partial charge in [-0.25, -0.2) is 0 Å². The summed E-state index contributed by atoms with van der Waals surface area (Å²) in [7, 11) is 0. The zero-order chi connectivity index (χ0) is 71.7. The van der Waals surface area contributed by atoms with Gasteiger partial charge in [0.15, 0.2) is 0 Å². The van der Waals surface area contributed by atoms with Crippen molar-refractivity contribution in [2.45, 2.75) is 113 Å². The maximum atomic E-state index is 15.0. The topological polar surface area (TPSA) is 494 Å². The zero-order valence-electron chi connectivity index (χ0n) is 53.7. The molecule has 0 aliphatic heterocycles. The SMILES string of the molecule is C[C@@H](O)[C@H](NC(=O)[C@H](CCCCN)NC(=O)[C@@H](Cc1c[nH]c2ccccc12)NC(=O)[C@H](Cc1ccccc1)NC(=O)[C@H](CS)NC(=O)[C@@H](Cc1ccccc1)NC(=O)CN(CCN(CCN(CC(=O)O)CC(=O)O)CC(=O)O)CC(=O)O)C(=O)N[C@@H](CS)C(=O)N[C@H](CO)[C@@H](C)O. The quantitative estimate of drug-likeness (QED) is 0.0148. The van der Waals surface area contributed by atoms with Gasteiger partial charge in [-0.15, -0.1) is 0 Å². The number of aromatic amines is 1. The number of fused-ring (bicyclic) bond motifs is 1. The molecule has 4 rings (SSSR count). The molecule has 532 valence electrons. The fourth-order valence-electron chi connectivity index (χ4n) is 10.1. The second kappa shape index (κ2) is 42.1. The number of aliphatic carboxylic acids is 4. The Morgan fingerprint density at radius 2 is 0.866 bits per heavy atom. The molecule has 0 saturated carbocycles. The predicted molar refractivity (Wildman–Crippen MR) is 359 cm³/mol. The van der Waals surface area contributed by atoms with Crippen molar-refractivity contribution in [1.82, 2.24) is 62.2 Å². The number of para-hydroxylation sites is 1. The maximum Gasteiger partial charge on any atom is 0.317 e. The van der Waals surface area contributed by atoms with Gasteiger partial charge in [0.05, 0.1) is 57.6 Å². The van der Waals surface area contributed by atoms with Crippen molar-refractivity contribution in [1.29, 1.82) is 0 Å². The molecule has 10 atom stereocenters. The van der Waals surface area contributed by atoms with Crippen LogP contribution >= 0.6 is 25.3 Å². The third-order valence-electron chi connectivity index (χ3n) is 15.2. The third kappa shape index (κ3) is 28.9. The second-order valence-electron chi connectivity index (χ2n) is 23.1. The lowest BCUT2D eigenvalue weighted by atomic mass is 10.0. The zero-order valence-corrected chi connectivity index (χ0v) is 55.5. The molecule has 0 unspecified atom stereocenters. The van der Waals surface area contributed by atoms with E-state index in [1.54, 1.807) is 91.1 Å². The van der Waals surface area contributed by atoms with Crippen LogP contribution in [0.15, 0.2) is 91.1 Å². The molecule has 0 radical (unpaired) electrons. The molecule has 97 heavy (non-hydrogen) atoms. The van der Waals surface area contributed by atoms with E-state index in [-0.39, 0.29) is 76.3 Å². The molecule has 8 amide bonds. The molecule has 0 fully saturated rings. The van der Waals surface area contributed by atoms with Crippen LogP contribution in [0, 0.1) is 0 Å². The summed E-state index contributed by atoms with van der Waals surface area (Å²) in [5.41, 5.74) is 8.10. The molecule has 3 aromatic carbocycles. The molecule has 32 nitrogen and oxygen atoms in total. The highest BCUT2D eigenvalue weighted by Crippen LogP contribution is 2.20. The number of benzene rings is 3. The third-order valence-corrected chi connectivity index (χ3v) is 16.0. The summed E-state index contributed by atoms with van der Waals surface area (Å²) in [6.07, 6.45) is -1.16. The van der Waals surface area contributed by atoms with E-state index >= 15 is 0 Å². The van der Waals surface area contributed by atoms with E-state index in [2.05, 4.69) is 72.8 Å². The number of H-pyrrole nitrogens is 1. The average molecular weight is 1400 g/mol. The number of unbranched alkanes of at least 4 members (excludes halogenated alkanes) is 1. The molecule has 1 heterocycles. The van der Waals surface area contributed by atoms with Crippen LogP contribution < -0.4 is 48.3 Å². The summed E-state index contributed by atoms with van der Waals surface area (Å²) in [4.78, 5) is 167. The highest BCUT2D eigenvalue weighted by Gasteiger charge is 2.36. The van der Waals surface area contributed by atoms with Crippen LogP contribution in [0.1, 0.15) is 49.8 Å². The number of hydrogen-bond acceptors (Lipinski definition) is 21. The normalized spacial score (nSPS) is 14.5. The van der Waals surface area contributed by atoms with Crippen molar-refractivity contribution in [3.63, 3.8) is 0 Å². The minimum absolute atomic E-state index is 0.0726. The van der Waals surface area contributed by atoms with Crippen LogP contribution in [0.3, 0.4) is 0 Å². The Kier molecular flexibility index (Phi) is 35.0. The first-order valence-corrected chi connectivity index (χ1v) is 32.4. The summed E-state index contributed by atoms with van der Waals surface area (Å²) >= 11 is 8.53. The summed E-state index contributed by atoms with van der Waals surface area (Å²) < 4.78 is 0. The fourth-order valence-corrected chi connectivity index (χ4v) is 10.6. The van der Waals surface area contributed by atoms with Gasteiger partial charge < -0.3 is 89.0 Å². The van der Waals surface area contributed by atoms with Crippen molar-refractivity contribution in [3.8, 4) is 0 Å².